The fourth-order valence-corrected chi connectivity index (χ4v) is 2.35. The maximum atomic E-state index is 11.7. The first-order valence-corrected chi connectivity index (χ1v) is 8.15. The molecule has 1 saturated carbocycles. The predicted molar refractivity (Wildman–Crippen MR) is 85.8 cm³/mol. The molecule has 0 aliphatic heterocycles. The summed E-state index contributed by atoms with van der Waals surface area (Å²) in [5.41, 5.74) is 1.25. The number of hydrogen-bond acceptors (Lipinski definition) is 2. The van der Waals surface area contributed by atoms with Gasteiger partial charge in [0.15, 0.2) is 0 Å². The third-order valence-corrected chi connectivity index (χ3v) is 4.09. The third-order valence-electron chi connectivity index (χ3n) is 3.56. The third kappa shape index (κ3) is 5.87. The number of benzene rings is 1. The van der Waals surface area contributed by atoms with E-state index in [2.05, 4.69) is 38.7 Å². The summed E-state index contributed by atoms with van der Waals surface area (Å²) >= 11 is 3.41. The maximum Gasteiger partial charge on any atom is 0.239 e. The second-order valence-electron chi connectivity index (χ2n) is 5.63. The molecule has 2 rings (SSSR count). The monoisotopic (exact) mass is 352 g/mol. The van der Waals surface area contributed by atoms with E-state index in [1.807, 2.05) is 19.1 Å². The summed E-state index contributed by atoms with van der Waals surface area (Å²) in [5.74, 6) is 0.0348. The molecule has 4 nitrogen and oxygen atoms in total. The predicted octanol–water partition coefficient (Wildman–Crippen LogP) is 2.41. The molecular weight excluding hydrogens is 332 g/mol. The summed E-state index contributed by atoms with van der Waals surface area (Å²) in [6.07, 6.45) is 3.71. The molecular formula is C16H21BrN2O2. The normalized spacial score (nSPS) is 15.3. The van der Waals surface area contributed by atoms with Crippen LogP contribution < -0.4 is 10.6 Å². The topological polar surface area (TPSA) is 58.2 Å². The molecule has 1 atom stereocenters. The minimum Gasteiger partial charge on any atom is -0.352 e. The lowest BCUT2D eigenvalue weighted by Gasteiger charge is -2.14. The first kappa shape index (κ1) is 16.0. The lowest BCUT2D eigenvalue weighted by atomic mass is 10.1. The van der Waals surface area contributed by atoms with Gasteiger partial charge in [0.1, 0.15) is 0 Å². The van der Waals surface area contributed by atoms with Gasteiger partial charge >= 0.3 is 0 Å². The van der Waals surface area contributed by atoms with E-state index in [1.54, 1.807) is 0 Å². The Morgan fingerprint density at radius 3 is 2.57 bits per heavy atom. The van der Waals surface area contributed by atoms with Crippen molar-refractivity contribution in [3.63, 3.8) is 0 Å². The van der Waals surface area contributed by atoms with Gasteiger partial charge in [0.25, 0.3) is 0 Å². The molecule has 114 valence electrons. The van der Waals surface area contributed by atoms with Crippen LogP contribution in [0, 0.1) is 5.92 Å². The van der Waals surface area contributed by atoms with E-state index >= 15 is 0 Å². The second kappa shape index (κ2) is 7.59. The van der Waals surface area contributed by atoms with Crippen molar-refractivity contribution in [2.24, 2.45) is 5.92 Å². The number of amides is 2. The molecule has 0 bridgehead atoms. The summed E-state index contributed by atoms with van der Waals surface area (Å²) in [6.45, 7) is 2.07. The van der Waals surface area contributed by atoms with Gasteiger partial charge in [-0.1, -0.05) is 28.1 Å². The molecule has 0 spiro atoms. The summed E-state index contributed by atoms with van der Waals surface area (Å²) in [7, 11) is 0. The van der Waals surface area contributed by atoms with Gasteiger partial charge in [-0.3, -0.25) is 9.59 Å². The average molecular weight is 353 g/mol. The van der Waals surface area contributed by atoms with E-state index < -0.39 is 0 Å². The van der Waals surface area contributed by atoms with Gasteiger partial charge in [-0.15, -0.1) is 0 Å². The fraction of sp³-hybridized carbons (Fsp3) is 0.500. The van der Waals surface area contributed by atoms with Crippen LogP contribution in [-0.2, 0) is 16.0 Å². The summed E-state index contributed by atoms with van der Waals surface area (Å²) in [6, 6.07) is 8.29. The van der Waals surface area contributed by atoms with Gasteiger partial charge in [-0.2, -0.15) is 0 Å². The number of rotatable bonds is 7. The van der Waals surface area contributed by atoms with Gasteiger partial charge in [-0.05, 0) is 50.3 Å². The Morgan fingerprint density at radius 1 is 1.29 bits per heavy atom. The van der Waals surface area contributed by atoms with Crippen LogP contribution in [0.1, 0.15) is 31.7 Å². The largest absolute Gasteiger partial charge is 0.352 e. The van der Waals surface area contributed by atoms with E-state index in [4.69, 9.17) is 0 Å². The second-order valence-corrected chi connectivity index (χ2v) is 6.54. The fourth-order valence-electron chi connectivity index (χ4n) is 2.09. The molecule has 1 aromatic carbocycles. The van der Waals surface area contributed by atoms with Crippen LogP contribution in [0.5, 0.6) is 0 Å². The van der Waals surface area contributed by atoms with E-state index in [1.165, 1.54) is 5.56 Å². The molecule has 1 aromatic rings. The standard InChI is InChI=1S/C16H21BrN2O2/c1-11(2-3-12-4-8-14(17)9-5-12)19-15(20)10-18-16(21)13-6-7-13/h4-5,8-9,11,13H,2-3,6-7,10H2,1H3,(H,18,21)(H,19,20). The van der Waals surface area contributed by atoms with Crippen LogP contribution in [-0.4, -0.2) is 24.4 Å². The van der Waals surface area contributed by atoms with Crippen molar-refractivity contribution < 1.29 is 9.59 Å². The average Bonchev–Trinajstić information content (AvgIpc) is 3.29. The SMILES string of the molecule is CC(CCc1ccc(Br)cc1)NC(=O)CNC(=O)C1CC1. The van der Waals surface area contributed by atoms with Gasteiger partial charge < -0.3 is 10.6 Å². The number of aryl methyl sites for hydroxylation is 1. The van der Waals surface area contributed by atoms with Gasteiger partial charge in [-0.25, -0.2) is 0 Å². The zero-order valence-electron chi connectivity index (χ0n) is 12.2. The molecule has 2 N–H and O–H groups in total. The summed E-state index contributed by atoms with van der Waals surface area (Å²) in [5, 5.41) is 5.59. The van der Waals surface area contributed by atoms with E-state index in [0.29, 0.717) is 0 Å². The van der Waals surface area contributed by atoms with Crippen LogP contribution in [0.2, 0.25) is 0 Å². The van der Waals surface area contributed by atoms with Crippen molar-refractivity contribution in [2.45, 2.75) is 38.6 Å². The minimum absolute atomic E-state index is 0.00710. The van der Waals surface area contributed by atoms with E-state index in [-0.39, 0.29) is 30.3 Å². The Kier molecular flexibility index (Phi) is 5.79. The molecule has 1 unspecified atom stereocenters. The maximum absolute atomic E-state index is 11.7. The zero-order valence-corrected chi connectivity index (χ0v) is 13.8. The van der Waals surface area contributed by atoms with Crippen molar-refractivity contribution in [1.29, 1.82) is 0 Å². The lowest BCUT2D eigenvalue weighted by Crippen LogP contribution is -2.41. The summed E-state index contributed by atoms with van der Waals surface area (Å²) < 4.78 is 1.07. The quantitative estimate of drug-likeness (QED) is 0.791. The zero-order chi connectivity index (χ0) is 15.2. The van der Waals surface area contributed by atoms with Crippen LogP contribution in [0.15, 0.2) is 28.7 Å². The van der Waals surface area contributed by atoms with Crippen molar-refractivity contribution in [1.82, 2.24) is 10.6 Å². The number of halogens is 1. The number of nitrogens with one attached hydrogen (secondary N) is 2. The van der Waals surface area contributed by atoms with Crippen molar-refractivity contribution in [3.8, 4) is 0 Å². The molecule has 0 radical (unpaired) electrons. The first-order chi connectivity index (χ1) is 10.0. The highest BCUT2D eigenvalue weighted by Gasteiger charge is 2.29. The smallest absolute Gasteiger partial charge is 0.239 e. The van der Waals surface area contributed by atoms with E-state index in [9.17, 15) is 9.59 Å². The van der Waals surface area contributed by atoms with Crippen molar-refractivity contribution >= 4 is 27.7 Å². The molecule has 1 aliphatic rings. The molecule has 1 fully saturated rings. The molecule has 1 aliphatic carbocycles. The molecule has 2 amide bonds. The Hall–Kier alpha value is -1.36. The minimum atomic E-state index is -0.118. The van der Waals surface area contributed by atoms with Crippen molar-refractivity contribution in [3.05, 3.63) is 34.3 Å². The highest BCUT2D eigenvalue weighted by Crippen LogP contribution is 2.28. The first-order valence-electron chi connectivity index (χ1n) is 7.36. The molecule has 0 saturated heterocycles. The summed E-state index contributed by atoms with van der Waals surface area (Å²) in [4.78, 5) is 23.2. The van der Waals surface area contributed by atoms with Crippen LogP contribution in [0.25, 0.3) is 0 Å². The van der Waals surface area contributed by atoms with Gasteiger partial charge in [0, 0.05) is 16.4 Å². The lowest BCUT2D eigenvalue weighted by molar-refractivity contribution is -0.127. The Labute approximate surface area is 133 Å². The highest BCUT2D eigenvalue weighted by molar-refractivity contribution is 9.10. The van der Waals surface area contributed by atoms with Crippen LogP contribution in [0.4, 0.5) is 0 Å². The molecule has 5 heteroatoms. The number of carbonyl (C=O) groups excluding carboxylic acids is 2. The molecule has 0 aromatic heterocycles. The Morgan fingerprint density at radius 2 is 1.95 bits per heavy atom. The van der Waals surface area contributed by atoms with Crippen LogP contribution >= 0.6 is 15.9 Å². The molecule has 21 heavy (non-hydrogen) atoms. The number of hydrogen-bond donors (Lipinski definition) is 2. The van der Waals surface area contributed by atoms with Gasteiger partial charge in [0.05, 0.1) is 6.54 Å². The Balaban J connectivity index is 1.63. The highest BCUT2D eigenvalue weighted by atomic mass is 79.9. The van der Waals surface area contributed by atoms with Gasteiger partial charge in [0.2, 0.25) is 11.8 Å². The number of carbonyl (C=O) groups is 2. The van der Waals surface area contributed by atoms with E-state index in [0.717, 1.165) is 30.2 Å². The van der Waals surface area contributed by atoms with Crippen LogP contribution in [0.3, 0.4) is 0 Å². The molecule has 0 heterocycles. The Bertz CT molecular complexity index is 498. The van der Waals surface area contributed by atoms with Crippen molar-refractivity contribution in [2.75, 3.05) is 6.54 Å².